The molecule has 1 fully saturated rings. The number of aromatic nitrogens is 1. The standard InChI is InChI=1S/C11H13BrN2O2/c12-10-9(4-1-5-13-10)11(16)14-6-2-3-8(15)7-14/h1,4-5,8,15H,2-3,6-7H2/t8-/m0/s1. The van der Waals surface area contributed by atoms with Gasteiger partial charge in [0.1, 0.15) is 4.60 Å². The van der Waals surface area contributed by atoms with E-state index in [1.165, 1.54) is 0 Å². The predicted octanol–water partition coefficient (Wildman–Crippen LogP) is 1.44. The maximum atomic E-state index is 12.1. The predicted molar refractivity (Wildman–Crippen MR) is 63.1 cm³/mol. The van der Waals surface area contributed by atoms with E-state index in [4.69, 9.17) is 0 Å². The summed E-state index contributed by atoms with van der Waals surface area (Å²) >= 11 is 3.26. The summed E-state index contributed by atoms with van der Waals surface area (Å²) in [6.07, 6.45) is 2.86. The number of piperidine rings is 1. The van der Waals surface area contributed by atoms with E-state index in [0.29, 0.717) is 23.3 Å². The fourth-order valence-corrected chi connectivity index (χ4v) is 2.28. The quantitative estimate of drug-likeness (QED) is 0.794. The summed E-state index contributed by atoms with van der Waals surface area (Å²) in [4.78, 5) is 17.8. The zero-order chi connectivity index (χ0) is 11.5. The smallest absolute Gasteiger partial charge is 0.256 e. The van der Waals surface area contributed by atoms with Crippen LogP contribution >= 0.6 is 15.9 Å². The summed E-state index contributed by atoms with van der Waals surface area (Å²) in [6.45, 7) is 1.12. The van der Waals surface area contributed by atoms with Gasteiger partial charge < -0.3 is 10.0 Å². The number of aliphatic hydroxyl groups excluding tert-OH is 1. The third-order valence-corrected chi connectivity index (χ3v) is 3.31. The normalized spacial score (nSPS) is 20.9. The van der Waals surface area contributed by atoms with Crippen LogP contribution in [0.3, 0.4) is 0 Å². The number of β-amino-alcohol motifs (C(OH)–C–C–N with tert-alkyl or cyclic N) is 1. The molecule has 1 saturated heterocycles. The highest BCUT2D eigenvalue weighted by molar-refractivity contribution is 9.10. The number of hydrogen-bond acceptors (Lipinski definition) is 3. The van der Waals surface area contributed by atoms with Gasteiger partial charge in [-0.25, -0.2) is 4.98 Å². The number of nitrogens with zero attached hydrogens (tertiary/aromatic N) is 2. The minimum Gasteiger partial charge on any atom is -0.391 e. The van der Waals surface area contributed by atoms with Gasteiger partial charge in [0.15, 0.2) is 0 Å². The Labute approximate surface area is 102 Å². The van der Waals surface area contributed by atoms with Crippen LogP contribution in [0.1, 0.15) is 23.2 Å². The van der Waals surface area contributed by atoms with Gasteiger partial charge in [-0.3, -0.25) is 4.79 Å². The molecule has 0 aliphatic carbocycles. The number of hydrogen-bond donors (Lipinski definition) is 1. The minimum absolute atomic E-state index is 0.0706. The summed E-state index contributed by atoms with van der Waals surface area (Å²) in [5.74, 6) is -0.0706. The lowest BCUT2D eigenvalue weighted by Gasteiger charge is -2.30. The molecule has 0 radical (unpaired) electrons. The first-order chi connectivity index (χ1) is 7.68. The molecule has 1 atom stereocenters. The van der Waals surface area contributed by atoms with Crippen molar-refractivity contribution in [2.75, 3.05) is 13.1 Å². The van der Waals surface area contributed by atoms with Gasteiger partial charge in [0.2, 0.25) is 0 Å². The molecule has 4 nitrogen and oxygen atoms in total. The maximum absolute atomic E-state index is 12.1. The van der Waals surface area contributed by atoms with Gasteiger partial charge in [-0.15, -0.1) is 0 Å². The van der Waals surface area contributed by atoms with Crippen LogP contribution in [-0.2, 0) is 0 Å². The summed E-state index contributed by atoms with van der Waals surface area (Å²) in [6, 6.07) is 3.47. The van der Waals surface area contributed by atoms with Gasteiger partial charge in [0, 0.05) is 19.3 Å². The van der Waals surface area contributed by atoms with Crippen LogP contribution in [0.4, 0.5) is 0 Å². The van der Waals surface area contributed by atoms with Crippen LogP contribution < -0.4 is 0 Å². The van der Waals surface area contributed by atoms with Gasteiger partial charge in [-0.1, -0.05) is 0 Å². The first-order valence-electron chi connectivity index (χ1n) is 5.26. The highest BCUT2D eigenvalue weighted by atomic mass is 79.9. The van der Waals surface area contributed by atoms with E-state index >= 15 is 0 Å². The number of likely N-dealkylation sites (tertiary alicyclic amines) is 1. The molecular weight excluding hydrogens is 272 g/mol. The molecule has 0 bridgehead atoms. The Kier molecular flexibility index (Phi) is 3.56. The van der Waals surface area contributed by atoms with Crippen molar-refractivity contribution in [2.24, 2.45) is 0 Å². The molecular formula is C11H13BrN2O2. The molecule has 2 heterocycles. The van der Waals surface area contributed by atoms with Crippen molar-refractivity contribution in [3.8, 4) is 0 Å². The summed E-state index contributed by atoms with van der Waals surface area (Å²) < 4.78 is 0.556. The van der Waals surface area contributed by atoms with E-state index in [2.05, 4.69) is 20.9 Å². The van der Waals surface area contributed by atoms with E-state index < -0.39 is 6.10 Å². The Morgan fingerprint density at radius 2 is 2.44 bits per heavy atom. The number of amides is 1. The minimum atomic E-state index is -0.395. The largest absolute Gasteiger partial charge is 0.391 e. The molecule has 2 rings (SSSR count). The highest BCUT2D eigenvalue weighted by Gasteiger charge is 2.24. The first-order valence-corrected chi connectivity index (χ1v) is 6.05. The fraction of sp³-hybridized carbons (Fsp3) is 0.455. The van der Waals surface area contributed by atoms with Crippen LogP contribution in [0.15, 0.2) is 22.9 Å². The molecule has 0 aromatic carbocycles. The third-order valence-electron chi connectivity index (χ3n) is 2.67. The third kappa shape index (κ3) is 2.41. The summed E-state index contributed by atoms with van der Waals surface area (Å²) in [5, 5.41) is 9.52. The van der Waals surface area contributed by atoms with Crippen LogP contribution in [0.25, 0.3) is 0 Å². The molecule has 0 unspecified atom stereocenters. The van der Waals surface area contributed by atoms with Crippen molar-refractivity contribution in [3.05, 3.63) is 28.5 Å². The second kappa shape index (κ2) is 4.93. The van der Waals surface area contributed by atoms with Gasteiger partial charge in [0.25, 0.3) is 5.91 Å². The van der Waals surface area contributed by atoms with Crippen molar-refractivity contribution in [1.29, 1.82) is 0 Å². The molecule has 1 aliphatic heterocycles. The number of aliphatic hydroxyl groups is 1. The first kappa shape index (κ1) is 11.5. The van der Waals surface area contributed by atoms with Gasteiger partial charge in [0.05, 0.1) is 11.7 Å². The van der Waals surface area contributed by atoms with E-state index in [1.807, 2.05) is 0 Å². The van der Waals surface area contributed by atoms with Crippen molar-refractivity contribution in [2.45, 2.75) is 18.9 Å². The Morgan fingerprint density at radius 3 is 3.12 bits per heavy atom. The monoisotopic (exact) mass is 284 g/mol. The Morgan fingerprint density at radius 1 is 1.62 bits per heavy atom. The molecule has 5 heteroatoms. The number of rotatable bonds is 1. The number of halogens is 1. The molecule has 0 saturated carbocycles. The van der Waals surface area contributed by atoms with Crippen molar-refractivity contribution in [1.82, 2.24) is 9.88 Å². The van der Waals surface area contributed by atoms with Gasteiger partial charge >= 0.3 is 0 Å². The van der Waals surface area contributed by atoms with Crippen LogP contribution in [0.2, 0.25) is 0 Å². The lowest BCUT2D eigenvalue weighted by atomic mass is 10.1. The van der Waals surface area contributed by atoms with Crippen molar-refractivity contribution in [3.63, 3.8) is 0 Å². The van der Waals surface area contributed by atoms with Crippen molar-refractivity contribution >= 4 is 21.8 Å². The average Bonchev–Trinajstić information content (AvgIpc) is 2.29. The Balaban J connectivity index is 2.16. The molecule has 1 N–H and O–H groups in total. The molecule has 1 aromatic heterocycles. The Bertz CT molecular complexity index is 397. The van der Waals surface area contributed by atoms with E-state index in [1.54, 1.807) is 23.2 Å². The summed E-state index contributed by atoms with van der Waals surface area (Å²) in [5.41, 5.74) is 0.552. The zero-order valence-electron chi connectivity index (χ0n) is 8.77. The van der Waals surface area contributed by atoms with Gasteiger partial charge in [-0.05, 0) is 40.9 Å². The van der Waals surface area contributed by atoms with Crippen molar-refractivity contribution < 1.29 is 9.90 Å². The Hall–Kier alpha value is -0.940. The fourth-order valence-electron chi connectivity index (χ4n) is 1.86. The van der Waals surface area contributed by atoms with Crippen LogP contribution in [0, 0.1) is 0 Å². The van der Waals surface area contributed by atoms with E-state index in [9.17, 15) is 9.90 Å². The molecule has 16 heavy (non-hydrogen) atoms. The lowest BCUT2D eigenvalue weighted by molar-refractivity contribution is 0.0472. The molecule has 0 spiro atoms. The molecule has 1 aliphatic rings. The average molecular weight is 285 g/mol. The van der Waals surface area contributed by atoms with Gasteiger partial charge in [-0.2, -0.15) is 0 Å². The molecule has 1 aromatic rings. The van der Waals surface area contributed by atoms with E-state index in [0.717, 1.165) is 12.8 Å². The number of carbonyl (C=O) groups is 1. The number of carbonyl (C=O) groups excluding carboxylic acids is 1. The second-order valence-electron chi connectivity index (χ2n) is 3.89. The molecule has 86 valence electrons. The molecule has 1 amide bonds. The van der Waals surface area contributed by atoms with Crippen LogP contribution in [-0.4, -0.2) is 40.1 Å². The van der Waals surface area contributed by atoms with E-state index in [-0.39, 0.29) is 5.91 Å². The maximum Gasteiger partial charge on any atom is 0.256 e. The number of pyridine rings is 1. The SMILES string of the molecule is O=C(c1cccnc1Br)N1CCC[C@H](O)C1. The topological polar surface area (TPSA) is 53.4 Å². The van der Waals surface area contributed by atoms with Crippen LogP contribution in [0.5, 0.6) is 0 Å². The second-order valence-corrected chi connectivity index (χ2v) is 4.64. The summed E-state index contributed by atoms with van der Waals surface area (Å²) in [7, 11) is 0. The lowest BCUT2D eigenvalue weighted by Crippen LogP contribution is -2.42. The zero-order valence-corrected chi connectivity index (χ0v) is 10.4. The highest BCUT2D eigenvalue weighted by Crippen LogP contribution is 2.18.